The van der Waals surface area contributed by atoms with E-state index in [4.69, 9.17) is 0 Å². The normalized spacial score (nSPS) is 14.8. The Hall–Kier alpha value is -4.35. The molecule has 4 aromatic carbocycles. The van der Waals surface area contributed by atoms with Gasteiger partial charge in [0.15, 0.2) is 0 Å². The van der Waals surface area contributed by atoms with E-state index in [1.54, 1.807) is 16.7 Å². The molecule has 0 saturated heterocycles. The van der Waals surface area contributed by atoms with E-state index in [9.17, 15) is 9.59 Å². The summed E-state index contributed by atoms with van der Waals surface area (Å²) in [4.78, 5) is 32.0. The second-order valence-corrected chi connectivity index (χ2v) is 15.3. The highest BCUT2D eigenvalue weighted by molar-refractivity contribution is 7.99. The molecule has 6 rings (SSSR count). The zero-order valence-corrected chi connectivity index (χ0v) is 27.8. The number of benzene rings is 4. The van der Waals surface area contributed by atoms with Gasteiger partial charge in [0, 0.05) is 55.5 Å². The smallest absolute Gasteiger partial charge is 0.259 e. The molecule has 2 aliphatic heterocycles. The Labute approximate surface area is 271 Å². The fraction of sp³-hybridized carbons (Fsp3) is 0.250. The van der Waals surface area contributed by atoms with Crippen molar-refractivity contribution in [3.05, 3.63) is 120 Å². The van der Waals surface area contributed by atoms with Crippen molar-refractivity contribution < 1.29 is 9.59 Å². The third kappa shape index (κ3) is 5.89. The average molecular weight is 613 g/mol. The van der Waals surface area contributed by atoms with E-state index in [0.717, 1.165) is 66.6 Å². The molecule has 5 heteroatoms. The number of nitrogens with zero attached hydrogens (tertiary/aromatic N) is 2. The summed E-state index contributed by atoms with van der Waals surface area (Å²) in [5.41, 5.74) is 9.00. The molecule has 0 radical (unpaired) electrons. The Morgan fingerprint density at radius 1 is 0.578 bits per heavy atom. The van der Waals surface area contributed by atoms with Gasteiger partial charge >= 0.3 is 0 Å². The minimum absolute atomic E-state index is 0.0156. The highest BCUT2D eigenvalue weighted by Gasteiger charge is 2.38. The highest BCUT2D eigenvalue weighted by Crippen LogP contribution is 2.40. The van der Waals surface area contributed by atoms with Gasteiger partial charge in [0.05, 0.1) is 0 Å². The highest BCUT2D eigenvalue weighted by atomic mass is 32.2. The van der Waals surface area contributed by atoms with E-state index in [-0.39, 0.29) is 22.8 Å². The average Bonchev–Trinajstić information content (AvgIpc) is 3.39. The number of rotatable bonds is 6. The number of amides is 2. The second-order valence-electron chi connectivity index (χ2n) is 14.1. The fourth-order valence-corrected chi connectivity index (χ4v) is 6.85. The minimum atomic E-state index is -0.325. The number of fused-ring (bicyclic) bond motifs is 2. The van der Waals surface area contributed by atoms with E-state index < -0.39 is 0 Å². The molecule has 4 nitrogen and oxygen atoms in total. The molecule has 0 unspecified atom stereocenters. The summed E-state index contributed by atoms with van der Waals surface area (Å²) in [5, 5.41) is 0. The number of carbonyl (C=O) groups excluding carboxylic acids is 2. The van der Waals surface area contributed by atoms with Crippen LogP contribution in [-0.4, -0.2) is 33.7 Å². The molecule has 2 aliphatic rings. The lowest BCUT2D eigenvalue weighted by atomic mass is 9.92. The first-order valence-electron chi connectivity index (χ1n) is 15.4. The molecular formula is C40H40N2O2S. The summed E-state index contributed by atoms with van der Waals surface area (Å²) in [6.45, 7) is 21.8. The zero-order valence-electron chi connectivity index (χ0n) is 27.0. The Kier molecular flexibility index (Phi) is 7.65. The molecule has 0 aromatic heterocycles. The summed E-state index contributed by atoms with van der Waals surface area (Å²) in [6.07, 6.45) is 0.920. The largest absolute Gasteiger partial charge is 0.308 e. The lowest BCUT2D eigenvalue weighted by molar-refractivity contribution is 0.0748. The van der Waals surface area contributed by atoms with Crippen LogP contribution >= 0.6 is 11.8 Å². The topological polar surface area (TPSA) is 40.6 Å². The van der Waals surface area contributed by atoms with Crippen molar-refractivity contribution in [2.24, 2.45) is 5.41 Å². The number of hydrogen-bond donors (Lipinski definition) is 0. The SMILES string of the molecule is C=C1c2cc(-c3ccc(Sc4ccc(-c5ccc6c(c5)C(=C)N(C(C)(C)C)C6=O)cc4)cc3)ccc2C(=O)N1CCC(C)(C)C. The maximum absolute atomic E-state index is 13.1. The standard InChI is InChI=1S/C40H40N2O2S/c1-25-35-23-29(13-19-33(35)37(43)41(25)22-21-39(3,4)5)27-9-15-31(16-10-27)45-32-17-11-28(12-18-32)30-14-20-34-36(24-30)26(2)42(38(34)44)40(6,7)8/h9-20,23-24H,1-2,21-22H2,3-8H3. The van der Waals surface area contributed by atoms with Crippen LogP contribution in [0.4, 0.5) is 0 Å². The minimum Gasteiger partial charge on any atom is -0.308 e. The molecule has 2 amide bonds. The van der Waals surface area contributed by atoms with Gasteiger partial charge in [-0.3, -0.25) is 9.59 Å². The van der Waals surface area contributed by atoms with Crippen molar-refractivity contribution >= 4 is 35.0 Å². The van der Waals surface area contributed by atoms with Crippen LogP contribution in [0.15, 0.2) is 108 Å². The van der Waals surface area contributed by atoms with Gasteiger partial charge in [-0.15, -0.1) is 0 Å². The van der Waals surface area contributed by atoms with Crippen LogP contribution in [0.2, 0.25) is 0 Å². The second kappa shape index (κ2) is 11.2. The van der Waals surface area contributed by atoms with Gasteiger partial charge in [-0.05, 0) is 103 Å². The van der Waals surface area contributed by atoms with Gasteiger partial charge in [0.1, 0.15) is 0 Å². The van der Waals surface area contributed by atoms with Crippen LogP contribution in [0.1, 0.15) is 79.8 Å². The quantitative estimate of drug-likeness (QED) is 0.218. The Morgan fingerprint density at radius 2 is 1.02 bits per heavy atom. The van der Waals surface area contributed by atoms with E-state index in [2.05, 4.69) is 94.6 Å². The third-order valence-electron chi connectivity index (χ3n) is 8.53. The Balaban J connectivity index is 1.14. The van der Waals surface area contributed by atoms with Gasteiger partial charge in [-0.1, -0.05) is 82.1 Å². The first-order valence-corrected chi connectivity index (χ1v) is 16.2. The Bertz CT molecular complexity index is 1850. The van der Waals surface area contributed by atoms with Gasteiger partial charge in [0.2, 0.25) is 0 Å². The summed E-state index contributed by atoms with van der Waals surface area (Å²) < 4.78 is 0. The molecule has 0 bridgehead atoms. The lowest BCUT2D eigenvalue weighted by Gasteiger charge is -2.32. The Morgan fingerprint density at radius 3 is 1.49 bits per heavy atom. The molecule has 2 heterocycles. The van der Waals surface area contributed by atoms with Gasteiger partial charge < -0.3 is 9.80 Å². The van der Waals surface area contributed by atoms with Crippen molar-refractivity contribution in [2.45, 2.75) is 63.3 Å². The van der Waals surface area contributed by atoms with Crippen LogP contribution in [-0.2, 0) is 0 Å². The van der Waals surface area contributed by atoms with E-state index in [1.807, 2.05) is 49.9 Å². The zero-order chi connectivity index (χ0) is 32.3. The van der Waals surface area contributed by atoms with Crippen molar-refractivity contribution in [3.8, 4) is 22.3 Å². The predicted octanol–water partition coefficient (Wildman–Crippen LogP) is 10.3. The number of carbonyl (C=O) groups is 2. The maximum Gasteiger partial charge on any atom is 0.259 e. The van der Waals surface area contributed by atoms with Crippen molar-refractivity contribution in [2.75, 3.05) is 6.54 Å². The van der Waals surface area contributed by atoms with E-state index in [0.29, 0.717) is 12.1 Å². The monoisotopic (exact) mass is 612 g/mol. The molecule has 4 aromatic rings. The summed E-state index contributed by atoms with van der Waals surface area (Å²) in [7, 11) is 0. The number of hydrogen-bond acceptors (Lipinski definition) is 3. The summed E-state index contributed by atoms with van der Waals surface area (Å²) in [6, 6.07) is 29.2. The van der Waals surface area contributed by atoms with Crippen molar-refractivity contribution in [1.82, 2.24) is 9.80 Å². The third-order valence-corrected chi connectivity index (χ3v) is 9.55. The molecule has 0 atom stereocenters. The first-order chi connectivity index (χ1) is 21.2. The lowest BCUT2D eigenvalue weighted by Crippen LogP contribution is -2.40. The van der Waals surface area contributed by atoms with Crippen LogP contribution in [0.3, 0.4) is 0 Å². The van der Waals surface area contributed by atoms with Crippen molar-refractivity contribution in [1.29, 1.82) is 0 Å². The maximum atomic E-state index is 13.1. The van der Waals surface area contributed by atoms with Crippen LogP contribution < -0.4 is 0 Å². The fourth-order valence-electron chi connectivity index (χ4n) is 6.04. The molecule has 0 spiro atoms. The predicted molar refractivity (Wildman–Crippen MR) is 187 cm³/mol. The first kappa shape index (κ1) is 30.7. The molecule has 0 saturated carbocycles. The molecule has 228 valence electrons. The van der Waals surface area contributed by atoms with Crippen LogP contribution in [0.5, 0.6) is 0 Å². The molecule has 0 N–H and O–H groups in total. The summed E-state index contributed by atoms with van der Waals surface area (Å²) >= 11 is 1.72. The van der Waals surface area contributed by atoms with Gasteiger partial charge in [-0.25, -0.2) is 0 Å². The van der Waals surface area contributed by atoms with Gasteiger partial charge in [-0.2, -0.15) is 0 Å². The molecule has 45 heavy (non-hydrogen) atoms. The molecular weight excluding hydrogens is 573 g/mol. The van der Waals surface area contributed by atoms with Crippen LogP contribution in [0.25, 0.3) is 33.6 Å². The summed E-state index contributed by atoms with van der Waals surface area (Å²) in [5.74, 6) is 0.0641. The van der Waals surface area contributed by atoms with E-state index >= 15 is 0 Å². The van der Waals surface area contributed by atoms with Crippen molar-refractivity contribution in [3.63, 3.8) is 0 Å². The molecule has 0 aliphatic carbocycles. The van der Waals surface area contributed by atoms with Gasteiger partial charge in [0.25, 0.3) is 11.8 Å². The molecule has 0 fully saturated rings. The van der Waals surface area contributed by atoms with Crippen LogP contribution in [0, 0.1) is 5.41 Å². The van der Waals surface area contributed by atoms with E-state index in [1.165, 1.54) is 0 Å².